The van der Waals surface area contributed by atoms with Crippen molar-refractivity contribution < 1.29 is 19.2 Å². The van der Waals surface area contributed by atoms with Crippen LogP contribution in [0.1, 0.15) is 39.5 Å². The van der Waals surface area contributed by atoms with Gasteiger partial charge in [-0.3, -0.25) is 9.59 Å². The van der Waals surface area contributed by atoms with Gasteiger partial charge in [-0.1, -0.05) is 19.8 Å². The number of anilines is 2. The second kappa shape index (κ2) is 10.8. The number of quaternary nitrogens is 1. The van der Waals surface area contributed by atoms with Crippen molar-refractivity contribution in [2.24, 2.45) is 5.92 Å². The van der Waals surface area contributed by atoms with E-state index >= 15 is 0 Å². The van der Waals surface area contributed by atoms with Crippen molar-refractivity contribution in [3.8, 4) is 0 Å². The molecule has 0 radical (unpaired) electrons. The number of morpholine rings is 1. The van der Waals surface area contributed by atoms with Crippen molar-refractivity contribution in [3.63, 3.8) is 0 Å². The summed E-state index contributed by atoms with van der Waals surface area (Å²) in [4.78, 5) is 28.3. The molecule has 0 bridgehead atoms. The largest absolute Gasteiger partial charge is 0.378 e. The number of benzene rings is 1. The first-order valence-electron chi connectivity index (χ1n) is 11.3. The van der Waals surface area contributed by atoms with E-state index < -0.39 is 0 Å². The Morgan fingerprint density at radius 1 is 1.17 bits per heavy atom. The molecule has 4 atom stereocenters. The molecule has 0 spiro atoms. The quantitative estimate of drug-likeness (QED) is 0.620. The number of likely N-dealkylation sites (N-methyl/N-ethyl adjacent to an activating group) is 1. The Bertz CT molecular complexity index is 703. The molecule has 7 heteroatoms. The van der Waals surface area contributed by atoms with Crippen LogP contribution >= 0.6 is 0 Å². The van der Waals surface area contributed by atoms with Crippen molar-refractivity contribution in [2.75, 3.05) is 50.1 Å². The van der Waals surface area contributed by atoms with Gasteiger partial charge >= 0.3 is 0 Å². The Balaban J connectivity index is 1.45. The molecule has 1 aromatic rings. The third-order valence-electron chi connectivity index (χ3n) is 6.54. The molecule has 2 aliphatic rings. The summed E-state index contributed by atoms with van der Waals surface area (Å²) in [5.41, 5.74) is 1.92. The number of hydrogen-bond acceptors (Lipinski definition) is 4. The Morgan fingerprint density at radius 3 is 2.50 bits per heavy atom. The van der Waals surface area contributed by atoms with E-state index in [9.17, 15) is 9.59 Å². The third-order valence-corrected chi connectivity index (χ3v) is 6.54. The lowest BCUT2D eigenvalue weighted by Crippen LogP contribution is -3.15. The monoisotopic (exact) mass is 417 g/mol. The average molecular weight is 418 g/mol. The van der Waals surface area contributed by atoms with Crippen molar-refractivity contribution >= 4 is 23.2 Å². The van der Waals surface area contributed by atoms with Crippen LogP contribution < -0.4 is 20.4 Å². The molecule has 30 heavy (non-hydrogen) atoms. The summed E-state index contributed by atoms with van der Waals surface area (Å²) in [5.74, 6) is 0.477. The van der Waals surface area contributed by atoms with Crippen LogP contribution in [0.2, 0.25) is 0 Å². The molecule has 1 unspecified atom stereocenters. The second-order valence-electron chi connectivity index (χ2n) is 8.82. The van der Waals surface area contributed by atoms with E-state index in [0.717, 1.165) is 49.0 Å². The molecule has 1 heterocycles. The highest BCUT2D eigenvalue weighted by Gasteiger charge is 2.29. The molecule has 1 aliphatic heterocycles. The summed E-state index contributed by atoms with van der Waals surface area (Å²) in [6, 6.07) is 7.91. The minimum Gasteiger partial charge on any atom is -0.378 e. The lowest BCUT2D eigenvalue weighted by molar-refractivity contribution is -0.885. The van der Waals surface area contributed by atoms with Crippen LogP contribution in [-0.2, 0) is 14.3 Å². The molecule has 0 aromatic heterocycles. The van der Waals surface area contributed by atoms with Gasteiger partial charge in [-0.25, -0.2) is 0 Å². The molecule has 166 valence electrons. The number of hydrogen-bond donors (Lipinski definition) is 3. The zero-order chi connectivity index (χ0) is 21.5. The number of rotatable bonds is 7. The molecule has 1 aliphatic carbocycles. The number of amides is 2. The van der Waals surface area contributed by atoms with E-state index in [4.69, 9.17) is 4.74 Å². The minimum absolute atomic E-state index is 0.0360. The van der Waals surface area contributed by atoms with Crippen LogP contribution in [0.3, 0.4) is 0 Å². The van der Waals surface area contributed by atoms with Gasteiger partial charge in [-0.2, -0.15) is 0 Å². The SMILES string of the molecule is C[C@@H]1CCCC[C@H]1NC(=O)[C@@H](C)[NH+](C)CC(=O)Nc1ccc(N2CCOCC2)cc1. The number of carbonyl (C=O) groups excluding carboxylic acids is 2. The van der Waals surface area contributed by atoms with E-state index in [1.165, 1.54) is 19.3 Å². The molecule has 1 saturated heterocycles. The molecular weight excluding hydrogens is 380 g/mol. The fraction of sp³-hybridized carbons (Fsp3) is 0.652. The smallest absolute Gasteiger partial charge is 0.279 e. The first-order valence-corrected chi connectivity index (χ1v) is 11.3. The third kappa shape index (κ3) is 6.19. The van der Waals surface area contributed by atoms with Crippen LogP contribution in [0.4, 0.5) is 11.4 Å². The summed E-state index contributed by atoms with van der Waals surface area (Å²) in [6.07, 6.45) is 4.66. The highest BCUT2D eigenvalue weighted by atomic mass is 16.5. The standard InChI is InChI=1S/C23H36N4O3/c1-17-6-4-5-7-21(17)25-23(29)18(2)26(3)16-22(28)24-19-8-10-20(11-9-19)27-12-14-30-15-13-27/h8-11,17-18,21H,4-7,12-16H2,1-3H3,(H,24,28)(H,25,29)/p+1/t17-,18-,21-/m1/s1. The predicted molar refractivity (Wildman–Crippen MR) is 119 cm³/mol. The van der Waals surface area contributed by atoms with Gasteiger partial charge in [0.2, 0.25) is 0 Å². The fourth-order valence-corrected chi connectivity index (χ4v) is 4.25. The van der Waals surface area contributed by atoms with Crippen LogP contribution in [0.15, 0.2) is 24.3 Å². The second-order valence-corrected chi connectivity index (χ2v) is 8.82. The summed E-state index contributed by atoms with van der Waals surface area (Å²) < 4.78 is 5.39. The molecule has 3 N–H and O–H groups in total. The minimum atomic E-state index is -0.270. The maximum absolute atomic E-state index is 12.6. The van der Waals surface area contributed by atoms with Crippen molar-refractivity contribution in [2.45, 2.75) is 51.6 Å². The zero-order valence-electron chi connectivity index (χ0n) is 18.6. The zero-order valence-corrected chi connectivity index (χ0v) is 18.6. The predicted octanol–water partition coefficient (Wildman–Crippen LogP) is 1.06. The van der Waals surface area contributed by atoms with Gasteiger partial charge in [0.25, 0.3) is 11.8 Å². The molecule has 7 nitrogen and oxygen atoms in total. The molecule has 1 saturated carbocycles. The van der Waals surface area contributed by atoms with E-state index in [1.54, 1.807) is 0 Å². The van der Waals surface area contributed by atoms with E-state index in [2.05, 4.69) is 22.5 Å². The first kappa shape index (κ1) is 22.6. The van der Waals surface area contributed by atoms with Gasteiger partial charge in [0.05, 0.1) is 20.3 Å². The van der Waals surface area contributed by atoms with Crippen molar-refractivity contribution in [1.82, 2.24) is 5.32 Å². The van der Waals surface area contributed by atoms with Crippen LogP contribution in [-0.4, -0.2) is 63.8 Å². The van der Waals surface area contributed by atoms with Gasteiger partial charge in [0.15, 0.2) is 12.6 Å². The molecular formula is C23H37N4O3+. The Kier molecular flexibility index (Phi) is 8.10. The van der Waals surface area contributed by atoms with E-state index in [1.807, 2.05) is 38.2 Å². The number of nitrogens with one attached hydrogen (secondary N) is 3. The molecule has 1 aromatic carbocycles. The highest BCUT2D eigenvalue weighted by molar-refractivity contribution is 5.91. The number of carbonyl (C=O) groups is 2. The van der Waals surface area contributed by atoms with Crippen molar-refractivity contribution in [1.29, 1.82) is 0 Å². The topological polar surface area (TPSA) is 75.1 Å². The van der Waals surface area contributed by atoms with Gasteiger partial charge in [0.1, 0.15) is 0 Å². The van der Waals surface area contributed by atoms with Gasteiger partial charge in [-0.05, 0) is 49.9 Å². The molecule has 2 fully saturated rings. The Morgan fingerprint density at radius 2 is 1.83 bits per heavy atom. The maximum atomic E-state index is 12.6. The lowest BCUT2D eigenvalue weighted by atomic mass is 9.86. The summed E-state index contributed by atoms with van der Waals surface area (Å²) in [7, 11) is 1.90. The maximum Gasteiger partial charge on any atom is 0.279 e. The normalized spacial score (nSPS) is 24.0. The Labute approximate surface area is 180 Å². The van der Waals surface area contributed by atoms with Gasteiger partial charge in [0, 0.05) is 30.5 Å². The fourth-order valence-electron chi connectivity index (χ4n) is 4.25. The Hall–Kier alpha value is -2.12. The first-order chi connectivity index (χ1) is 14.4. The number of ether oxygens (including phenoxy) is 1. The van der Waals surface area contributed by atoms with E-state index in [-0.39, 0.29) is 30.4 Å². The van der Waals surface area contributed by atoms with E-state index in [0.29, 0.717) is 5.92 Å². The summed E-state index contributed by atoms with van der Waals surface area (Å²) in [6.45, 7) is 7.63. The average Bonchev–Trinajstić information content (AvgIpc) is 2.75. The molecule has 2 amide bonds. The lowest BCUT2D eigenvalue weighted by Gasteiger charge is -2.31. The van der Waals surface area contributed by atoms with Crippen LogP contribution in [0.25, 0.3) is 0 Å². The summed E-state index contributed by atoms with van der Waals surface area (Å²) in [5, 5.41) is 6.16. The van der Waals surface area contributed by atoms with Crippen LogP contribution in [0.5, 0.6) is 0 Å². The van der Waals surface area contributed by atoms with Gasteiger partial charge in [-0.15, -0.1) is 0 Å². The van der Waals surface area contributed by atoms with Crippen molar-refractivity contribution in [3.05, 3.63) is 24.3 Å². The molecule has 3 rings (SSSR count). The van der Waals surface area contributed by atoms with Gasteiger partial charge < -0.3 is 25.2 Å². The number of nitrogens with zero attached hydrogens (tertiary/aromatic N) is 1. The highest BCUT2D eigenvalue weighted by Crippen LogP contribution is 2.23. The van der Waals surface area contributed by atoms with Crippen LogP contribution in [0, 0.1) is 5.92 Å². The summed E-state index contributed by atoms with van der Waals surface area (Å²) >= 11 is 0.